The molecule has 1 aromatic rings. The summed E-state index contributed by atoms with van der Waals surface area (Å²) >= 11 is 0. The summed E-state index contributed by atoms with van der Waals surface area (Å²) in [6.07, 6.45) is 1.27. The molecule has 0 radical (unpaired) electrons. The molecule has 0 amide bonds. The van der Waals surface area contributed by atoms with Crippen LogP contribution in [0.5, 0.6) is 0 Å². The predicted octanol–water partition coefficient (Wildman–Crippen LogP) is 3.05. The van der Waals surface area contributed by atoms with E-state index in [0.29, 0.717) is 18.8 Å². The first-order valence-corrected chi connectivity index (χ1v) is 5.34. The summed E-state index contributed by atoms with van der Waals surface area (Å²) < 4.78 is 18.6. The molecule has 1 rings (SSSR count). The van der Waals surface area contributed by atoms with Gasteiger partial charge >= 0.3 is 0 Å². The topological polar surface area (TPSA) is 21.3 Å². The highest BCUT2D eigenvalue weighted by atomic mass is 19.1. The number of anilines is 1. The lowest BCUT2D eigenvalue weighted by Crippen LogP contribution is -2.15. The highest BCUT2D eigenvalue weighted by Gasteiger charge is 2.00. The predicted molar refractivity (Wildman–Crippen MR) is 60.6 cm³/mol. The molecule has 0 spiro atoms. The maximum absolute atomic E-state index is 13.1. The molecule has 0 bridgehead atoms. The third-order valence-electron chi connectivity index (χ3n) is 2.27. The average molecular weight is 211 g/mol. The fraction of sp³-hybridized carbons (Fsp3) is 0.500. The smallest absolute Gasteiger partial charge is 0.146 e. The largest absolute Gasteiger partial charge is 0.380 e. The molecule has 84 valence electrons. The van der Waals surface area contributed by atoms with Gasteiger partial charge in [0.05, 0.1) is 18.4 Å². The number of rotatable bonds is 6. The van der Waals surface area contributed by atoms with Gasteiger partial charge in [0.15, 0.2) is 0 Å². The normalized spacial score (nSPS) is 12.5. The molecule has 3 heteroatoms. The van der Waals surface area contributed by atoms with Gasteiger partial charge in [0, 0.05) is 6.54 Å². The van der Waals surface area contributed by atoms with Crippen LogP contribution in [0.4, 0.5) is 10.1 Å². The first-order chi connectivity index (χ1) is 7.24. The van der Waals surface area contributed by atoms with E-state index in [1.807, 2.05) is 6.92 Å². The van der Waals surface area contributed by atoms with Crippen molar-refractivity contribution >= 4 is 5.69 Å². The van der Waals surface area contributed by atoms with Crippen molar-refractivity contribution in [3.05, 3.63) is 30.1 Å². The van der Waals surface area contributed by atoms with E-state index in [0.717, 1.165) is 6.42 Å². The van der Waals surface area contributed by atoms with Gasteiger partial charge in [0.25, 0.3) is 0 Å². The van der Waals surface area contributed by atoms with Crippen LogP contribution in [0.15, 0.2) is 24.3 Å². The number of hydrogen-bond donors (Lipinski definition) is 1. The fourth-order valence-electron chi connectivity index (χ4n) is 1.17. The lowest BCUT2D eigenvalue weighted by atomic mass is 10.3. The van der Waals surface area contributed by atoms with Crippen molar-refractivity contribution in [1.82, 2.24) is 0 Å². The Labute approximate surface area is 90.4 Å². The van der Waals surface area contributed by atoms with Crippen LogP contribution in [-0.2, 0) is 4.74 Å². The van der Waals surface area contributed by atoms with Crippen molar-refractivity contribution in [2.24, 2.45) is 0 Å². The molecule has 1 aromatic carbocycles. The summed E-state index contributed by atoms with van der Waals surface area (Å²) in [6.45, 7) is 5.34. The standard InChI is InChI=1S/C12H18FNO/c1-3-10(2)15-9-8-14-12-7-5-4-6-11(12)13/h4-7,10,14H,3,8-9H2,1-2H3. The van der Waals surface area contributed by atoms with Gasteiger partial charge in [-0.2, -0.15) is 0 Å². The van der Waals surface area contributed by atoms with Crippen LogP contribution >= 0.6 is 0 Å². The van der Waals surface area contributed by atoms with Crippen molar-refractivity contribution < 1.29 is 9.13 Å². The van der Waals surface area contributed by atoms with Crippen LogP contribution < -0.4 is 5.32 Å². The maximum Gasteiger partial charge on any atom is 0.146 e. The molecule has 1 N–H and O–H groups in total. The molecule has 0 saturated heterocycles. The summed E-state index contributed by atoms with van der Waals surface area (Å²) in [5, 5.41) is 2.99. The van der Waals surface area contributed by atoms with Gasteiger partial charge in [0.2, 0.25) is 0 Å². The molecule has 0 heterocycles. The second-order valence-corrected chi connectivity index (χ2v) is 3.50. The Morgan fingerprint density at radius 2 is 2.13 bits per heavy atom. The minimum atomic E-state index is -0.221. The summed E-state index contributed by atoms with van der Waals surface area (Å²) in [6, 6.07) is 6.65. The van der Waals surface area contributed by atoms with Gasteiger partial charge in [-0.15, -0.1) is 0 Å². The van der Waals surface area contributed by atoms with E-state index >= 15 is 0 Å². The number of nitrogens with one attached hydrogen (secondary N) is 1. The minimum absolute atomic E-state index is 0.221. The third-order valence-corrected chi connectivity index (χ3v) is 2.27. The Bertz CT molecular complexity index is 291. The monoisotopic (exact) mass is 211 g/mol. The van der Waals surface area contributed by atoms with E-state index in [1.165, 1.54) is 6.07 Å². The SMILES string of the molecule is CCC(C)OCCNc1ccccc1F. The van der Waals surface area contributed by atoms with E-state index in [1.54, 1.807) is 18.2 Å². The van der Waals surface area contributed by atoms with Crippen LogP contribution in [0.1, 0.15) is 20.3 Å². The Morgan fingerprint density at radius 1 is 1.40 bits per heavy atom. The van der Waals surface area contributed by atoms with E-state index in [9.17, 15) is 4.39 Å². The molecule has 1 atom stereocenters. The van der Waals surface area contributed by atoms with Crippen molar-refractivity contribution in [1.29, 1.82) is 0 Å². The van der Waals surface area contributed by atoms with Gasteiger partial charge < -0.3 is 10.1 Å². The molecule has 0 fully saturated rings. The fourth-order valence-corrected chi connectivity index (χ4v) is 1.17. The summed E-state index contributed by atoms with van der Waals surface area (Å²) in [5.74, 6) is -0.221. The zero-order chi connectivity index (χ0) is 11.1. The minimum Gasteiger partial charge on any atom is -0.380 e. The van der Waals surface area contributed by atoms with E-state index in [-0.39, 0.29) is 11.9 Å². The maximum atomic E-state index is 13.1. The third kappa shape index (κ3) is 4.30. The molecule has 2 nitrogen and oxygen atoms in total. The Hall–Kier alpha value is -1.09. The van der Waals surface area contributed by atoms with Gasteiger partial charge in [-0.1, -0.05) is 19.1 Å². The van der Waals surface area contributed by atoms with Crippen LogP contribution in [0.2, 0.25) is 0 Å². The lowest BCUT2D eigenvalue weighted by Gasteiger charge is -2.11. The zero-order valence-electron chi connectivity index (χ0n) is 9.29. The first-order valence-electron chi connectivity index (χ1n) is 5.34. The summed E-state index contributed by atoms with van der Waals surface area (Å²) in [4.78, 5) is 0. The number of ether oxygens (including phenoxy) is 1. The van der Waals surface area contributed by atoms with Gasteiger partial charge in [-0.3, -0.25) is 0 Å². The molecule has 0 aliphatic heterocycles. The van der Waals surface area contributed by atoms with Crippen LogP contribution in [0, 0.1) is 5.82 Å². The van der Waals surface area contributed by atoms with Crippen LogP contribution in [0.25, 0.3) is 0 Å². The zero-order valence-corrected chi connectivity index (χ0v) is 9.29. The highest BCUT2D eigenvalue weighted by molar-refractivity contribution is 5.44. The molecule has 1 unspecified atom stereocenters. The van der Waals surface area contributed by atoms with Crippen LogP contribution in [-0.4, -0.2) is 19.3 Å². The van der Waals surface area contributed by atoms with Crippen molar-refractivity contribution in [3.63, 3.8) is 0 Å². The van der Waals surface area contributed by atoms with Gasteiger partial charge in [0.1, 0.15) is 5.82 Å². The molecule has 0 saturated carbocycles. The molecule has 15 heavy (non-hydrogen) atoms. The summed E-state index contributed by atoms with van der Waals surface area (Å²) in [5.41, 5.74) is 0.533. The second-order valence-electron chi connectivity index (χ2n) is 3.50. The number of benzene rings is 1. The number of halogens is 1. The highest BCUT2D eigenvalue weighted by Crippen LogP contribution is 2.11. The van der Waals surface area contributed by atoms with E-state index in [2.05, 4.69) is 12.2 Å². The Kier molecular flexibility index (Phi) is 5.12. The quantitative estimate of drug-likeness (QED) is 0.730. The molecule has 0 aromatic heterocycles. The van der Waals surface area contributed by atoms with Gasteiger partial charge in [-0.25, -0.2) is 4.39 Å². The van der Waals surface area contributed by atoms with Crippen LogP contribution in [0.3, 0.4) is 0 Å². The Balaban J connectivity index is 2.23. The van der Waals surface area contributed by atoms with Crippen molar-refractivity contribution in [2.45, 2.75) is 26.4 Å². The lowest BCUT2D eigenvalue weighted by molar-refractivity contribution is 0.0712. The molecular formula is C12H18FNO. The summed E-state index contributed by atoms with van der Waals surface area (Å²) in [7, 11) is 0. The van der Waals surface area contributed by atoms with Gasteiger partial charge in [-0.05, 0) is 25.5 Å². The molecule has 0 aliphatic carbocycles. The second kappa shape index (κ2) is 6.40. The van der Waals surface area contributed by atoms with Crippen molar-refractivity contribution in [2.75, 3.05) is 18.5 Å². The number of para-hydroxylation sites is 1. The Morgan fingerprint density at radius 3 is 2.80 bits per heavy atom. The van der Waals surface area contributed by atoms with E-state index in [4.69, 9.17) is 4.74 Å². The molecule has 0 aliphatic rings. The molecular weight excluding hydrogens is 193 g/mol. The van der Waals surface area contributed by atoms with E-state index < -0.39 is 0 Å². The first kappa shape index (κ1) is 12.0. The van der Waals surface area contributed by atoms with Crippen molar-refractivity contribution in [3.8, 4) is 0 Å². The average Bonchev–Trinajstić information content (AvgIpc) is 2.26. The number of hydrogen-bond acceptors (Lipinski definition) is 2.